The Balaban J connectivity index is 1.90. The number of carbonyl (C=O) groups excluding carboxylic acids is 1. The lowest BCUT2D eigenvalue weighted by atomic mass is 10.1. The fourth-order valence-electron chi connectivity index (χ4n) is 1.94. The number of hydrogen-bond donors (Lipinski definition) is 1. The van der Waals surface area contributed by atoms with Gasteiger partial charge in [-0.3, -0.25) is 0 Å². The van der Waals surface area contributed by atoms with Crippen molar-refractivity contribution in [1.29, 1.82) is 0 Å². The van der Waals surface area contributed by atoms with Crippen molar-refractivity contribution in [2.24, 2.45) is 4.99 Å². The number of esters is 1. The standard InChI is InChI=1S/C15H12N4O3/c1-21-14(20)12-5-3-2-4-11(12)13-7-6-10(22-13)8-16-15-17-9-18-19-15/h2-9H,1H3,(H,17,18,19). The van der Waals surface area contributed by atoms with Gasteiger partial charge in [0.15, 0.2) is 0 Å². The molecule has 0 saturated carbocycles. The number of aromatic amines is 1. The number of benzene rings is 1. The van der Waals surface area contributed by atoms with Crippen LogP contribution in [0.5, 0.6) is 0 Å². The van der Waals surface area contributed by atoms with Gasteiger partial charge in [0, 0.05) is 5.56 Å². The molecule has 0 aliphatic heterocycles. The van der Waals surface area contributed by atoms with Gasteiger partial charge in [0.1, 0.15) is 17.8 Å². The molecule has 3 aromatic rings. The molecule has 0 radical (unpaired) electrons. The van der Waals surface area contributed by atoms with Gasteiger partial charge in [-0.05, 0) is 18.2 Å². The number of nitrogens with zero attached hydrogens (tertiary/aromatic N) is 3. The molecule has 2 heterocycles. The summed E-state index contributed by atoms with van der Waals surface area (Å²) in [4.78, 5) is 19.7. The lowest BCUT2D eigenvalue weighted by Gasteiger charge is -2.04. The van der Waals surface area contributed by atoms with Gasteiger partial charge in [0.05, 0.1) is 18.9 Å². The topological polar surface area (TPSA) is 93.4 Å². The number of rotatable bonds is 4. The zero-order valence-corrected chi connectivity index (χ0v) is 11.7. The van der Waals surface area contributed by atoms with Crippen molar-refractivity contribution < 1.29 is 13.9 Å². The van der Waals surface area contributed by atoms with Crippen LogP contribution in [0, 0.1) is 0 Å². The van der Waals surface area contributed by atoms with Crippen LogP contribution in [0.15, 0.2) is 52.1 Å². The number of aromatic nitrogens is 3. The van der Waals surface area contributed by atoms with Gasteiger partial charge < -0.3 is 9.15 Å². The van der Waals surface area contributed by atoms with Crippen molar-refractivity contribution in [2.75, 3.05) is 7.11 Å². The maximum absolute atomic E-state index is 11.8. The van der Waals surface area contributed by atoms with Gasteiger partial charge in [0.25, 0.3) is 0 Å². The summed E-state index contributed by atoms with van der Waals surface area (Å²) >= 11 is 0. The van der Waals surface area contributed by atoms with E-state index in [4.69, 9.17) is 9.15 Å². The van der Waals surface area contributed by atoms with E-state index in [1.165, 1.54) is 19.7 Å². The number of carbonyl (C=O) groups is 1. The number of methoxy groups -OCH3 is 1. The number of aliphatic imine (C=N–C) groups is 1. The molecule has 7 heteroatoms. The second kappa shape index (κ2) is 6.04. The first kappa shape index (κ1) is 13.7. The summed E-state index contributed by atoms with van der Waals surface area (Å²) < 4.78 is 10.5. The fraction of sp³-hybridized carbons (Fsp3) is 0.0667. The first-order valence-corrected chi connectivity index (χ1v) is 6.45. The Morgan fingerprint density at radius 2 is 2.18 bits per heavy atom. The molecule has 0 aliphatic carbocycles. The van der Waals surface area contributed by atoms with Gasteiger partial charge in [-0.2, -0.15) is 10.1 Å². The van der Waals surface area contributed by atoms with Crippen molar-refractivity contribution in [3.8, 4) is 11.3 Å². The van der Waals surface area contributed by atoms with Gasteiger partial charge in [-0.15, -0.1) is 0 Å². The average molecular weight is 296 g/mol. The van der Waals surface area contributed by atoms with Gasteiger partial charge in [-0.1, -0.05) is 18.2 Å². The third-order valence-corrected chi connectivity index (χ3v) is 2.94. The molecule has 0 amide bonds. The Kier molecular flexibility index (Phi) is 3.78. The average Bonchev–Trinajstić information content (AvgIpc) is 3.23. The zero-order chi connectivity index (χ0) is 15.4. The Morgan fingerprint density at radius 3 is 2.95 bits per heavy atom. The van der Waals surface area contributed by atoms with Crippen molar-refractivity contribution in [3.63, 3.8) is 0 Å². The van der Waals surface area contributed by atoms with E-state index in [0.717, 1.165) is 0 Å². The second-order valence-corrected chi connectivity index (χ2v) is 4.31. The quantitative estimate of drug-likeness (QED) is 0.590. The maximum Gasteiger partial charge on any atom is 0.338 e. The summed E-state index contributed by atoms with van der Waals surface area (Å²) in [5.74, 6) is 1.06. The minimum Gasteiger partial charge on any atom is -0.465 e. The lowest BCUT2D eigenvalue weighted by molar-refractivity contribution is 0.0601. The molecule has 1 N–H and O–H groups in total. The van der Waals surface area contributed by atoms with Crippen LogP contribution in [0.4, 0.5) is 5.95 Å². The predicted molar refractivity (Wildman–Crippen MR) is 79.1 cm³/mol. The molecule has 0 spiro atoms. The van der Waals surface area contributed by atoms with Crippen LogP contribution in [-0.2, 0) is 4.74 Å². The van der Waals surface area contributed by atoms with Crippen LogP contribution in [0.2, 0.25) is 0 Å². The van der Waals surface area contributed by atoms with Crippen LogP contribution >= 0.6 is 0 Å². The Morgan fingerprint density at radius 1 is 1.32 bits per heavy atom. The number of ether oxygens (including phenoxy) is 1. The molecule has 1 aromatic carbocycles. The van der Waals surface area contributed by atoms with E-state index in [0.29, 0.717) is 28.6 Å². The molecule has 110 valence electrons. The largest absolute Gasteiger partial charge is 0.465 e. The predicted octanol–water partition coefficient (Wildman–Crippen LogP) is 2.60. The van der Waals surface area contributed by atoms with E-state index >= 15 is 0 Å². The SMILES string of the molecule is COC(=O)c1ccccc1-c1ccc(C=Nc2ncn[nH]2)o1. The fourth-order valence-corrected chi connectivity index (χ4v) is 1.94. The molecule has 22 heavy (non-hydrogen) atoms. The van der Waals surface area contributed by atoms with E-state index in [9.17, 15) is 4.79 Å². The summed E-state index contributed by atoms with van der Waals surface area (Å²) in [5.41, 5.74) is 1.10. The molecule has 0 unspecified atom stereocenters. The van der Waals surface area contributed by atoms with Crippen LogP contribution in [0.1, 0.15) is 16.1 Å². The molecular formula is C15H12N4O3. The van der Waals surface area contributed by atoms with E-state index in [2.05, 4.69) is 20.2 Å². The Bertz CT molecular complexity index is 806. The third kappa shape index (κ3) is 2.78. The number of furan rings is 1. The van der Waals surface area contributed by atoms with E-state index in [1.807, 2.05) is 6.07 Å². The second-order valence-electron chi connectivity index (χ2n) is 4.31. The Hall–Kier alpha value is -3.22. The number of hydrogen-bond acceptors (Lipinski definition) is 6. The first-order valence-electron chi connectivity index (χ1n) is 6.45. The van der Waals surface area contributed by atoms with Gasteiger partial charge >= 0.3 is 5.97 Å². The number of nitrogens with one attached hydrogen (secondary N) is 1. The highest BCUT2D eigenvalue weighted by Crippen LogP contribution is 2.26. The molecule has 3 rings (SSSR count). The summed E-state index contributed by atoms with van der Waals surface area (Å²) in [6.07, 6.45) is 2.89. The summed E-state index contributed by atoms with van der Waals surface area (Å²) in [6, 6.07) is 10.6. The Labute approximate surface area is 125 Å². The van der Waals surface area contributed by atoms with E-state index < -0.39 is 5.97 Å². The van der Waals surface area contributed by atoms with Crippen molar-refractivity contribution in [3.05, 3.63) is 54.0 Å². The molecule has 0 bridgehead atoms. The van der Waals surface area contributed by atoms with Crippen LogP contribution < -0.4 is 0 Å². The molecular weight excluding hydrogens is 284 g/mol. The first-order chi connectivity index (χ1) is 10.8. The van der Waals surface area contributed by atoms with Crippen molar-refractivity contribution >= 4 is 18.1 Å². The van der Waals surface area contributed by atoms with Crippen LogP contribution in [0.25, 0.3) is 11.3 Å². The summed E-state index contributed by atoms with van der Waals surface area (Å²) in [7, 11) is 1.34. The molecule has 0 saturated heterocycles. The minimum atomic E-state index is -0.413. The van der Waals surface area contributed by atoms with Crippen LogP contribution in [0.3, 0.4) is 0 Å². The minimum absolute atomic E-state index is 0.382. The normalized spacial score (nSPS) is 11.0. The molecule has 7 nitrogen and oxygen atoms in total. The van der Waals surface area contributed by atoms with E-state index in [-0.39, 0.29) is 0 Å². The monoisotopic (exact) mass is 296 g/mol. The lowest BCUT2D eigenvalue weighted by Crippen LogP contribution is -2.02. The zero-order valence-electron chi connectivity index (χ0n) is 11.7. The molecule has 0 atom stereocenters. The van der Waals surface area contributed by atoms with Crippen molar-refractivity contribution in [1.82, 2.24) is 15.2 Å². The van der Waals surface area contributed by atoms with Gasteiger partial charge in [0.2, 0.25) is 5.95 Å². The number of H-pyrrole nitrogens is 1. The summed E-state index contributed by atoms with van der Waals surface area (Å²) in [5, 5.41) is 6.31. The van der Waals surface area contributed by atoms with Crippen molar-refractivity contribution in [2.45, 2.75) is 0 Å². The maximum atomic E-state index is 11.8. The van der Waals surface area contributed by atoms with E-state index in [1.54, 1.807) is 30.3 Å². The molecule has 0 fully saturated rings. The smallest absolute Gasteiger partial charge is 0.338 e. The highest BCUT2D eigenvalue weighted by Gasteiger charge is 2.14. The third-order valence-electron chi connectivity index (χ3n) is 2.94. The highest BCUT2D eigenvalue weighted by atomic mass is 16.5. The van der Waals surface area contributed by atoms with Gasteiger partial charge in [-0.25, -0.2) is 14.9 Å². The molecule has 0 aliphatic rings. The highest BCUT2D eigenvalue weighted by molar-refractivity contribution is 5.96. The molecule has 2 aromatic heterocycles. The summed E-state index contributed by atoms with van der Waals surface area (Å²) in [6.45, 7) is 0. The van der Waals surface area contributed by atoms with Crippen LogP contribution in [-0.4, -0.2) is 34.5 Å².